The number of nitrogens with zero attached hydrogens (tertiary/aromatic N) is 4. The molecule has 2 fully saturated rings. The molecule has 2 aromatic rings. The van der Waals surface area contributed by atoms with Crippen LogP contribution in [0.1, 0.15) is 23.2 Å². The minimum Gasteiger partial charge on any atom is -0.337 e. The van der Waals surface area contributed by atoms with E-state index in [0.29, 0.717) is 44.6 Å². The molecule has 4 rings (SSSR count). The highest BCUT2D eigenvalue weighted by atomic mass is 35.5. The van der Waals surface area contributed by atoms with Gasteiger partial charge in [0.05, 0.1) is 0 Å². The Morgan fingerprint density at radius 2 is 1.72 bits per heavy atom. The van der Waals surface area contributed by atoms with Gasteiger partial charge in [-0.15, -0.1) is 12.4 Å². The molecule has 0 unspecified atom stereocenters. The van der Waals surface area contributed by atoms with Crippen LogP contribution in [-0.4, -0.2) is 70.7 Å². The van der Waals surface area contributed by atoms with E-state index < -0.39 is 11.4 Å². The lowest BCUT2D eigenvalue weighted by atomic mass is 9.86. The lowest BCUT2D eigenvalue weighted by Gasteiger charge is -2.43. The fraction of sp³-hybridized carbons (Fsp3) is 0.450. The lowest BCUT2D eigenvalue weighted by Crippen LogP contribution is -2.59. The van der Waals surface area contributed by atoms with Crippen molar-refractivity contribution < 1.29 is 14.0 Å². The minimum absolute atomic E-state index is 0. The molecule has 3 heterocycles. The van der Waals surface area contributed by atoms with E-state index in [4.69, 9.17) is 0 Å². The van der Waals surface area contributed by atoms with Crippen molar-refractivity contribution in [2.45, 2.75) is 18.4 Å². The van der Waals surface area contributed by atoms with E-state index in [1.807, 2.05) is 17.2 Å². The van der Waals surface area contributed by atoms with Crippen LogP contribution in [0.3, 0.4) is 0 Å². The predicted octanol–water partition coefficient (Wildman–Crippen LogP) is 1.51. The van der Waals surface area contributed by atoms with Gasteiger partial charge in [-0.25, -0.2) is 4.39 Å². The van der Waals surface area contributed by atoms with Crippen LogP contribution in [-0.2, 0) is 10.3 Å². The summed E-state index contributed by atoms with van der Waals surface area (Å²) in [4.78, 5) is 29.6. The molecule has 0 radical (unpaired) electrons. The highest BCUT2D eigenvalue weighted by molar-refractivity contribution is 5.94. The maximum atomic E-state index is 13.4. The van der Waals surface area contributed by atoms with Crippen molar-refractivity contribution in [3.05, 3.63) is 54.1 Å². The van der Waals surface area contributed by atoms with Crippen LogP contribution in [0.5, 0.6) is 0 Å². The van der Waals surface area contributed by atoms with Gasteiger partial charge in [0, 0.05) is 44.1 Å². The van der Waals surface area contributed by atoms with Gasteiger partial charge >= 0.3 is 0 Å². The number of amides is 2. The Morgan fingerprint density at radius 1 is 1.03 bits per heavy atom. The molecule has 1 aromatic carbocycles. The Bertz CT molecular complexity index is 846. The first-order valence-electron chi connectivity index (χ1n) is 9.65. The predicted molar refractivity (Wildman–Crippen MR) is 108 cm³/mol. The Kier molecular flexibility index (Phi) is 6.54. The van der Waals surface area contributed by atoms with E-state index >= 15 is 0 Å². The number of hydrogen-bond donors (Lipinski definition) is 1. The Balaban J connectivity index is 0.00000240. The zero-order chi connectivity index (χ0) is 19.6. The second-order valence-electron chi connectivity index (χ2n) is 7.33. The first-order chi connectivity index (χ1) is 13.6. The molecule has 2 aliphatic rings. The van der Waals surface area contributed by atoms with Gasteiger partial charge in [-0.05, 0) is 50.2 Å². The zero-order valence-electron chi connectivity index (χ0n) is 16.1. The molecular formula is C20H25ClFN5O2. The van der Waals surface area contributed by atoms with Crippen molar-refractivity contribution >= 4 is 24.2 Å². The maximum absolute atomic E-state index is 13.4. The summed E-state index contributed by atoms with van der Waals surface area (Å²) in [5.41, 5.74) is -0.324. The standard InChI is InChI=1S/C20H24FN5O2.ClH/c21-17-4-1-3-16(15-17)18(27)24-11-13-25(14-12-24)19(28)20(5-8-22-9-6-20)26-10-2-7-23-26;/h1-4,7,10,15,22H,5-6,8-9,11-14H2;1H. The van der Waals surface area contributed by atoms with Crippen LogP contribution in [0.15, 0.2) is 42.7 Å². The molecular weight excluding hydrogens is 397 g/mol. The number of nitrogens with one attached hydrogen (secondary N) is 1. The first kappa shape index (κ1) is 21.3. The SMILES string of the molecule is Cl.O=C(c1cccc(F)c1)N1CCN(C(=O)C2(n3cccn3)CCNCC2)CC1. The first-order valence-corrected chi connectivity index (χ1v) is 9.65. The van der Waals surface area contributed by atoms with Crippen molar-refractivity contribution in [3.63, 3.8) is 0 Å². The number of carbonyl (C=O) groups is 2. The second-order valence-corrected chi connectivity index (χ2v) is 7.33. The van der Waals surface area contributed by atoms with Gasteiger partial charge in [-0.3, -0.25) is 14.3 Å². The van der Waals surface area contributed by atoms with Crippen molar-refractivity contribution in [2.24, 2.45) is 0 Å². The number of hydrogen-bond acceptors (Lipinski definition) is 4. The topological polar surface area (TPSA) is 70.5 Å². The fourth-order valence-corrected chi connectivity index (χ4v) is 4.11. The number of halogens is 2. The summed E-state index contributed by atoms with van der Waals surface area (Å²) in [5, 5.41) is 7.67. The van der Waals surface area contributed by atoms with Crippen molar-refractivity contribution in [1.82, 2.24) is 24.9 Å². The minimum atomic E-state index is -0.663. The van der Waals surface area contributed by atoms with Gasteiger partial charge in [-0.1, -0.05) is 6.07 Å². The summed E-state index contributed by atoms with van der Waals surface area (Å²) in [6.07, 6.45) is 4.94. The van der Waals surface area contributed by atoms with Gasteiger partial charge < -0.3 is 15.1 Å². The lowest BCUT2D eigenvalue weighted by molar-refractivity contribution is -0.144. The maximum Gasteiger partial charge on any atom is 0.254 e. The Labute approximate surface area is 175 Å². The molecule has 0 bridgehead atoms. The molecule has 2 amide bonds. The van der Waals surface area contributed by atoms with E-state index in [2.05, 4.69) is 10.4 Å². The number of piperidine rings is 1. The van der Waals surface area contributed by atoms with Gasteiger partial charge in [-0.2, -0.15) is 5.10 Å². The highest BCUT2D eigenvalue weighted by Gasteiger charge is 2.45. The fourth-order valence-electron chi connectivity index (χ4n) is 4.11. The summed E-state index contributed by atoms with van der Waals surface area (Å²) < 4.78 is 15.2. The molecule has 0 aliphatic carbocycles. The summed E-state index contributed by atoms with van der Waals surface area (Å²) >= 11 is 0. The molecule has 2 saturated heterocycles. The van der Waals surface area contributed by atoms with E-state index in [0.717, 1.165) is 13.1 Å². The van der Waals surface area contributed by atoms with E-state index in [9.17, 15) is 14.0 Å². The summed E-state index contributed by atoms with van der Waals surface area (Å²) in [6.45, 7) is 3.35. The van der Waals surface area contributed by atoms with E-state index in [1.54, 1.807) is 21.8 Å². The van der Waals surface area contributed by atoms with Crippen LogP contribution in [0, 0.1) is 5.82 Å². The van der Waals surface area contributed by atoms with Gasteiger partial charge in [0.25, 0.3) is 11.8 Å². The van der Waals surface area contributed by atoms with Gasteiger partial charge in [0.1, 0.15) is 11.4 Å². The van der Waals surface area contributed by atoms with Crippen LogP contribution >= 0.6 is 12.4 Å². The average molecular weight is 422 g/mol. The van der Waals surface area contributed by atoms with E-state index in [1.165, 1.54) is 18.2 Å². The molecule has 7 nitrogen and oxygen atoms in total. The summed E-state index contributed by atoms with van der Waals surface area (Å²) in [6, 6.07) is 7.56. The molecule has 29 heavy (non-hydrogen) atoms. The number of carbonyl (C=O) groups excluding carboxylic acids is 2. The third-order valence-electron chi connectivity index (χ3n) is 5.70. The van der Waals surface area contributed by atoms with Crippen LogP contribution < -0.4 is 5.32 Å². The Hall–Kier alpha value is -2.45. The molecule has 0 atom stereocenters. The number of benzene rings is 1. The molecule has 1 aromatic heterocycles. The average Bonchev–Trinajstić information content (AvgIpc) is 3.29. The van der Waals surface area contributed by atoms with Crippen LogP contribution in [0.2, 0.25) is 0 Å². The highest BCUT2D eigenvalue weighted by Crippen LogP contribution is 2.30. The molecule has 1 N–H and O–H groups in total. The van der Waals surface area contributed by atoms with Gasteiger partial charge in [0.2, 0.25) is 0 Å². The largest absolute Gasteiger partial charge is 0.337 e. The van der Waals surface area contributed by atoms with Crippen LogP contribution in [0.25, 0.3) is 0 Å². The van der Waals surface area contributed by atoms with Crippen molar-refractivity contribution in [3.8, 4) is 0 Å². The normalized spacial score (nSPS) is 18.8. The molecule has 2 aliphatic heterocycles. The number of piperazine rings is 1. The molecule has 156 valence electrons. The smallest absolute Gasteiger partial charge is 0.254 e. The monoisotopic (exact) mass is 421 g/mol. The quantitative estimate of drug-likeness (QED) is 0.815. The number of aromatic nitrogens is 2. The van der Waals surface area contributed by atoms with Crippen molar-refractivity contribution in [2.75, 3.05) is 39.3 Å². The number of rotatable bonds is 3. The zero-order valence-corrected chi connectivity index (χ0v) is 16.9. The van der Waals surface area contributed by atoms with Gasteiger partial charge in [0.15, 0.2) is 0 Å². The Morgan fingerprint density at radius 3 is 2.34 bits per heavy atom. The third kappa shape index (κ3) is 4.13. The van der Waals surface area contributed by atoms with E-state index in [-0.39, 0.29) is 24.2 Å². The molecule has 0 saturated carbocycles. The third-order valence-corrected chi connectivity index (χ3v) is 5.70. The summed E-state index contributed by atoms with van der Waals surface area (Å²) in [7, 11) is 0. The summed E-state index contributed by atoms with van der Waals surface area (Å²) in [5.74, 6) is -0.558. The van der Waals surface area contributed by atoms with Crippen molar-refractivity contribution in [1.29, 1.82) is 0 Å². The molecule has 9 heteroatoms. The van der Waals surface area contributed by atoms with Crippen LogP contribution in [0.4, 0.5) is 4.39 Å². The second kappa shape index (κ2) is 8.92. The molecule has 0 spiro atoms.